The highest BCUT2D eigenvalue weighted by Crippen LogP contribution is 2.29. The summed E-state index contributed by atoms with van der Waals surface area (Å²) in [6, 6.07) is 16.3. The van der Waals surface area contributed by atoms with Gasteiger partial charge in [-0.1, -0.05) is 40.9 Å². The van der Waals surface area contributed by atoms with Crippen LogP contribution in [0, 0.1) is 6.92 Å². The molecule has 0 saturated heterocycles. The molecule has 9 heteroatoms. The van der Waals surface area contributed by atoms with Crippen molar-refractivity contribution in [2.75, 3.05) is 13.2 Å². The number of fused-ring (bicyclic) bond motifs is 1. The SMILES string of the molecule is Cc1c(Cc2c(Cl)cccc2Cl)c(=O)oc2cc(OCC(=O)OCC(=O)c3ccc(Cl)cc3)ccc12. The molecule has 0 spiro atoms. The molecule has 0 N–H and O–H groups in total. The van der Waals surface area contributed by atoms with Crippen LogP contribution in [0.25, 0.3) is 11.0 Å². The van der Waals surface area contributed by atoms with E-state index in [2.05, 4.69) is 0 Å². The number of benzene rings is 3. The van der Waals surface area contributed by atoms with Crippen molar-refractivity contribution < 1.29 is 23.5 Å². The van der Waals surface area contributed by atoms with Gasteiger partial charge in [-0.15, -0.1) is 0 Å². The molecule has 36 heavy (non-hydrogen) atoms. The van der Waals surface area contributed by atoms with Crippen LogP contribution >= 0.6 is 34.8 Å². The molecule has 0 atom stereocenters. The zero-order chi connectivity index (χ0) is 25.8. The van der Waals surface area contributed by atoms with Gasteiger partial charge in [-0.05, 0) is 66.6 Å². The number of hydrogen-bond acceptors (Lipinski definition) is 6. The zero-order valence-corrected chi connectivity index (χ0v) is 21.2. The van der Waals surface area contributed by atoms with E-state index in [0.29, 0.717) is 48.5 Å². The molecule has 6 nitrogen and oxygen atoms in total. The van der Waals surface area contributed by atoms with Crippen LogP contribution in [0.4, 0.5) is 0 Å². The van der Waals surface area contributed by atoms with E-state index in [-0.39, 0.29) is 12.2 Å². The average molecular weight is 546 g/mol. The summed E-state index contributed by atoms with van der Waals surface area (Å²) >= 11 is 18.3. The maximum absolute atomic E-state index is 12.7. The van der Waals surface area contributed by atoms with Gasteiger partial charge < -0.3 is 13.9 Å². The quantitative estimate of drug-likeness (QED) is 0.144. The lowest BCUT2D eigenvalue weighted by molar-refractivity contribution is -0.144. The lowest BCUT2D eigenvalue weighted by Crippen LogP contribution is -2.19. The Kier molecular flexibility index (Phi) is 7.99. The van der Waals surface area contributed by atoms with Crippen molar-refractivity contribution in [2.45, 2.75) is 13.3 Å². The summed E-state index contributed by atoms with van der Waals surface area (Å²) in [4.78, 5) is 36.9. The number of halogens is 3. The Balaban J connectivity index is 1.42. The van der Waals surface area contributed by atoms with Crippen LogP contribution in [0.5, 0.6) is 5.75 Å². The third-order valence-electron chi connectivity index (χ3n) is 5.56. The molecule has 4 rings (SSSR count). The number of carbonyl (C=O) groups excluding carboxylic acids is 2. The second-order valence-electron chi connectivity index (χ2n) is 7.91. The first-order chi connectivity index (χ1) is 17.2. The summed E-state index contributed by atoms with van der Waals surface area (Å²) in [5, 5.41) is 2.13. The minimum Gasteiger partial charge on any atom is -0.482 e. The highest BCUT2D eigenvalue weighted by atomic mass is 35.5. The fourth-order valence-electron chi connectivity index (χ4n) is 3.60. The summed E-state index contributed by atoms with van der Waals surface area (Å²) < 4.78 is 16.0. The normalized spacial score (nSPS) is 10.9. The Hall–Kier alpha value is -3.32. The van der Waals surface area contributed by atoms with Gasteiger partial charge in [-0.2, -0.15) is 0 Å². The van der Waals surface area contributed by atoms with E-state index in [1.165, 1.54) is 6.07 Å². The molecule has 3 aromatic carbocycles. The molecule has 0 aliphatic rings. The van der Waals surface area contributed by atoms with E-state index in [1.807, 2.05) is 6.92 Å². The lowest BCUT2D eigenvalue weighted by atomic mass is 9.99. The first-order valence-corrected chi connectivity index (χ1v) is 11.9. The fraction of sp³-hybridized carbons (Fsp3) is 0.148. The third kappa shape index (κ3) is 5.90. The highest BCUT2D eigenvalue weighted by molar-refractivity contribution is 6.36. The van der Waals surface area contributed by atoms with E-state index < -0.39 is 24.8 Å². The van der Waals surface area contributed by atoms with Crippen molar-refractivity contribution >= 4 is 57.5 Å². The Labute approximate surface area is 221 Å². The molecule has 0 fully saturated rings. The molecule has 4 aromatic rings. The number of Topliss-reactive ketones (excluding diaryl/α,β-unsaturated/α-hetero) is 1. The van der Waals surface area contributed by atoms with Gasteiger partial charge in [0.05, 0.1) is 0 Å². The topological polar surface area (TPSA) is 82.8 Å². The third-order valence-corrected chi connectivity index (χ3v) is 6.52. The molecule has 0 bridgehead atoms. The maximum Gasteiger partial charge on any atom is 0.344 e. The van der Waals surface area contributed by atoms with Gasteiger partial charge in [0.2, 0.25) is 0 Å². The van der Waals surface area contributed by atoms with E-state index in [4.69, 9.17) is 48.7 Å². The van der Waals surface area contributed by atoms with Crippen molar-refractivity contribution in [3.8, 4) is 5.75 Å². The smallest absolute Gasteiger partial charge is 0.344 e. The van der Waals surface area contributed by atoms with Gasteiger partial charge in [0.25, 0.3) is 0 Å². The van der Waals surface area contributed by atoms with Crippen molar-refractivity contribution in [2.24, 2.45) is 0 Å². The van der Waals surface area contributed by atoms with Gasteiger partial charge in [0.15, 0.2) is 19.0 Å². The van der Waals surface area contributed by atoms with Crippen LogP contribution < -0.4 is 10.4 Å². The monoisotopic (exact) mass is 544 g/mol. The Morgan fingerprint density at radius 1 is 0.889 bits per heavy atom. The van der Waals surface area contributed by atoms with Crippen LogP contribution in [0.3, 0.4) is 0 Å². The number of aryl methyl sites for hydroxylation is 1. The minimum atomic E-state index is -0.720. The Bertz CT molecular complexity index is 1490. The second-order valence-corrected chi connectivity index (χ2v) is 9.16. The van der Waals surface area contributed by atoms with E-state index in [9.17, 15) is 14.4 Å². The number of esters is 1. The molecule has 184 valence electrons. The van der Waals surface area contributed by atoms with Crippen molar-refractivity contribution in [3.63, 3.8) is 0 Å². The summed E-state index contributed by atoms with van der Waals surface area (Å²) in [5.41, 5.74) is 1.97. The summed E-state index contributed by atoms with van der Waals surface area (Å²) in [6.45, 7) is 0.967. The lowest BCUT2D eigenvalue weighted by Gasteiger charge is -2.11. The Morgan fingerprint density at radius 3 is 2.28 bits per heavy atom. The zero-order valence-electron chi connectivity index (χ0n) is 19.0. The van der Waals surface area contributed by atoms with E-state index in [0.717, 1.165) is 5.56 Å². The summed E-state index contributed by atoms with van der Waals surface area (Å²) in [5.74, 6) is -0.785. The number of carbonyl (C=O) groups is 2. The predicted molar refractivity (Wildman–Crippen MR) is 139 cm³/mol. The average Bonchev–Trinajstić information content (AvgIpc) is 2.85. The number of ketones is 1. The fourth-order valence-corrected chi connectivity index (χ4v) is 4.25. The van der Waals surface area contributed by atoms with Crippen LogP contribution in [0.1, 0.15) is 27.0 Å². The van der Waals surface area contributed by atoms with Crippen LogP contribution in [0.2, 0.25) is 15.1 Å². The molecule has 1 heterocycles. The van der Waals surface area contributed by atoms with Crippen molar-refractivity contribution in [1.82, 2.24) is 0 Å². The molecule has 0 unspecified atom stereocenters. The highest BCUT2D eigenvalue weighted by Gasteiger charge is 2.16. The van der Waals surface area contributed by atoms with Gasteiger partial charge in [0.1, 0.15) is 11.3 Å². The van der Waals surface area contributed by atoms with Crippen LogP contribution in [0.15, 0.2) is 69.9 Å². The van der Waals surface area contributed by atoms with Gasteiger partial charge in [-0.3, -0.25) is 4.79 Å². The molecular formula is C27H19Cl3O6. The molecule has 0 aliphatic heterocycles. The van der Waals surface area contributed by atoms with Gasteiger partial charge in [-0.25, -0.2) is 9.59 Å². The number of rotatable bonds is 8. The van der Waals surface area contributed by atoms with Crippen molar-refractivity contribution in [3.05, 3.63) is 108 Å². The largest absolute Gasteiger partial charge is 0.482 e. The van der Waals surface area contributed by atoms with Gasteiger partial charge in [0, 0.05) is 44.1 Å². The number of hydrogen-bond donors (Lipinski definition) is 0. The van der Waals surface area contributed by atoms with Crippen molar-refractivity contribution in [1.29, 1.82) is 0 Å². The molecule has 0 amide bonds. The van der Waals surface area contributed by atoms with Gasteiger partial charge >= 0.3 is 11.6 Å². The summed E-state index contributed by atoms with van der Waals surface area (Å²) in [6.07, 6.45) is 0.224. The molecule has 1 aromatic heterocycles. The number of ether oxygens (including phenoxy) is 2. The van der Waals surface area contributed by atoms with E-state index >= 15 is 0 Å². The first-order valence-electron chi connectivity index (χ1n) is 10.8. The summed E-state index contributed by atoms with van der Waals surface area (Å²) in [7, 11) is 0. The Morgan fingerprint density at radius 2 is 1.58 bits per heavy atom. The minimum absolute atomic E-state index is 0.224. The second kappa shape index (κ2) is 11.2. The maximum atomic E-state index is 12.7. The molecule has 0 radical (unpaired) electrons. The van der Waals surface area contributed by atoms with Crippen LogP contribution in [-0.4, -0.2) is 25.0 Å². The predicted octanol–water partition coefficient (Wildman–Crippen LogP) is 6.46. The molecule has 0 saturated carbocycles. The van der Waals surface area contributed by atoms with E-state index in [1.54, 1.807) is 54.6 Å². The molecule has 0 aliphatic carbocycles. The standard InChI is InChI=1S/C27H19Cl3O6/c1-15-19-10-9-18(34-14-26(32)35-13-24(31)16-5-7-17(28)8-6-16)11-25(19)36-27(33)20(15)12-21-22(29)3-2-4-23(21)30/h2-11H,12-14H2,1H3. The molecular weight excluding hydrogens is 527 g/mol. The first kappa shape index (κ1) is 25.8. The van der Waals surface area contributed by atoms with Crippen LogP contribution in [-0.2, 0) is 16.0 Å².